The van der Waals surface area contributed by atoms with Gasteiger partial charge >= 0.3 is 0 Å². The summed E-state index contributed by atoms with van der Waals surface area (Å²) in [6.07, 6.45) is 1.58. The van der Waals surface area contributed by atoms with Gasteiger partial charge in [0.2, 0.25) is 10.0 Å². The maximum Gasteiger partial charge on any atom is 0.233 e. The van der Waals surface area contributed by atoms with Gasteiger partial charge in [-0.25, -0.2) is 13.1 Å². The number of furan rings is 1. The molecule has 26 heavy (non-hydrogen) atoms. The molecule has 0 aliphatic rings. The zero-order valence-electron chi connectivity index (χ0n) is 14.8. The number of benzene rings is 2. The van der Waals surface area contributed by atoms with Gasteiger partial charge in [0, 0.05) is 17.3 Å². The normalized spacial score (nSPS) is 13.7. The van der Waals surface area contributed by atoms with Crippen LogP contribution in [0.1, 0.15) is 17.4 Å². The molecular formula is C20H22N2O3S. The standard InChI is InChI=1S/C20H22N2O3S/c1-22(2)18(20-14-17-10-6-7-11-19(17)25-20)15-21-26(23,24)13-12-16-8-4-3-5-9-16/h3-14,18,21H,15H2,1-2H3. The molecule has 0 saturated heterocycles. The molecule has 1 atom stereocenters. The lowest BCUT2D eigenvalue weighted by Crippen LogP contribution is -2.33. The third-order valence-electron chi connectivity index (χ3n) is 4.11. The molecule has 1 N–H and O–H groups in total. The van der Waals surface area contributed by atoms with Crippen molar-refractivity contribution in [2.24, 2.45) is 0 Å². The van der Waals surface area contributed by atoms with E-state index in [1.54, 1.807) is 6.08 Å². The summed E-state index contributed by atoms with van der Waals surface area (Å²) in [6, 6.07) is 18.8. The van der Waals surface area contributed by atoms with Crippen LogP contribution in [0.15, 0.2) is 70.5 Å². The Morgan fingerprint density at radius 2 is 1.77 bits per heavy atom. The summed E-state index contributed by atoms with van der Waals surface area (Å²) in [5, 5.41) is 2.19. The Balaban J connectivity index is 1.73. The Kier molecular flexibility index (Phi) is 5.56. The summed E-state index contributed by atoms with van der Waals surface area (Å²) in [6.45, 7) is 0.217. The molecule has 5 nitrogen and oxygen atoms in total. The molecule has 2 aromatic carbocycles. The van der Waals surface area contributed by atoms with Gasteiger partial charge in [0.05, 0.1) is 6.04 Å². The second-order valence-corrected chi connectivity index (χ2v) is 7.92. The monoisotopic (exact) mass is 370 g/mol. The third-order valence-corrected chi connectivity index (χ3v) is 5.18. The predicted molar refractivity (Wildman–Crippen MR) is 105 cm³/mol. The number of para-hydroxylation sites is 1. The maximum absolute atomic E-state index is 12.3. The quantitative estimate of drug-likeness (QED) is 0.690. The number of hydrogen-bond acceptors (Lipinski definition) is 4. The van der Waals surface area contributed by atoms with Gasteiger partial charge in [0.25, 0.3) is 0 Å². The van der Waals surface area contributed by atoms with Gasteiger partial charge in [-0.2, -0.15) is 0 Å². The van der Waals surface area contributed by atoms with E-state index in [-0.39, 0.29) is 12.6 Å². The first-order chi connectivity index (χ1) is 12.4. The van der Waals surface area contributed by atoms with E-state index in [0.29, 0.717) is 0 Å². The van der Waals surface area contributed by atoms with E-state index in [1.165, 1.54) is 5.41 Å². The van der Waals surface area contributed by atoms with E-state index in [9.17, 15) is 8.42 Å². The summed E-state index contributed by atoms with van der Waals surface area (Å²) in [4.78, 5) is 1.93. The van der Waals surface area contributed by atoms with E-state index < -0.39 is 10.0 Å². The molecule has 0 amide bonds. The van der Waals surface area contributed by atoms with Crippen molar-refractivity contribution in [3.05, 3.63) is 77.4 Å². The number of nitrogens with zero attached hydrogens (tertiary/aromatic N) is 1. The molecule has 0 bridgehead atoms. The number of nitrogens with one attached hydrogen (secondary N) is 1. The molecule has 3 rings (SSSR count). The van der Waals surface area contributed by atoms with Crippen LogP contribution in [0.25, 0.3) is 17.0 Å². The van der Waals surface area contributed by atoms with Crippen LogP contribution in [0.2, 0.25) is 0 Å². The van der Waals surface area contributed by atoms with Crippen LogP contribution in [0, 0.1) is 0 Å². The predicted octanol–water partition coefficient (Wildman–Crippen LogP) is 3.63. The Hall–Kier alpha value is -2.41. The van der Waals surface area contributed by atoms with Crippen LogP contribution in [0.5, 0.6) is 0 Å². The lowest BCUT2D eigenvalue weighted by Gasteiger charge is -2.22. The maximum atomic E-state index is 12.3. The number of sulfonamides is 1. The van der Waals surface area contributed by atoms with Crippen LogP contribution < -0.4 is 4.72 Å². The van der Waals surface area contributed by atoms with Gasteiger partial charge in [0.1, 0.15) is 11.3 Å². The van der Waals surface area contributed by atoms with Gasteiger partial charge in [-0.05, 0) is 37.9 Å². The van der Waals surface area contributed by atoms with Crippen molar-refractivity contribution < 1.29 is 12.8 Å². The Morgan fingerprint density at radius 3 is 2.46 bits per heavy atom. The smallest absolute Gasteiger partial charge is 0.233 e. The van der Waals surface area contributed by atoms with Crippen LogP contribution in [0.3, 0.4) is 0 Å². The molecule has 6 heteroatoms. The fraction of sp³-hybridized carbons (Fsp3) is 0.200. The van der Waals surface area contributed by atoms with E-state index in [1.807, 2.05) is 79.7 Å². The minimum atomic E-state index is -3.55. The average Bonchev–Trinajstić information content (AvgIpc) is 3.04. The van der Waals surface area contributed by atoms with Crippen molar-refractivity contribution in [2.75, 3.05) is 20.6 Å². The van der Waals surface area contributed by atoms with Crippen LogP contribution in [-0.2, 0) is 10.0 Å². The summed E-state index contributed by atoms with van der Waals surface area (Å²) >= 11 is 0. The zero-order chi connectivity index (χ0) is 18.6. The highest BCUT2D eigenvalue weighted by Crippen LogP contribution is 2.26. The highest BCUT2D eigenvalue weighted by molar-refractivity contribution is 7.92. The highest BCUT2D eigenvalue weighted by Gasteiger charge is 2.20. The molecule has 136 valence electrons. The lowest BCUT2D eigenvalue weighted by molar-refractivity contribution is 0.264. The van der Waals surface area contributed by atoms with E-state index >= 15 is 0 Å². The number of hydrogen-bond donors (Lipinski definition) is 1. The molecule has 0 aliphatic carbocycles. The molecule has 1 heterocycles. The SMILES string of the molecule is CN(C)C(CNS(=O)(=O)C=Cc1ccccc1)c1cc2ccccc2o1. The first kappa shape index (κ1) is 18.4. The van der Waals surface area contributed by atoms with Crippen LogP contribution in [-0.4, -0.2) is 34.0 Å². The molecular weight excluding hydrogens is 348 g/mol. The Morgan fingerprint density at radius 1 is 1.08 bits per heavy atom. The topological polar surface area (TPSA) is 62.6 Å². The third kappa shape index (κ3) is 4.60. The van der Waals surface area contributed by atoms with Gasteiger partial charge < -0.3 is 4.42 Å². The minimum Gasteiger partial charge on any atom is -0.459 e. The van der Waals surface area contributed by atoms with Gasteiger partial charge in [-0.3, -0.25) is 4.90 Å². The lowest BCUT2D eigenvalue weighted by atomic mass is 10.2. The van der Waals surface area contributed by atoms with Crippen LogP contribution in [0.4, 0.5) is 0 Å². The van der Waals surface area contributed by atoms with Crippen molar-refractivity contribution in [1.82, 2.24) is 9.62 Å². The largest absolute Gasteiger partial charge is 0.459 e. The molecule has 0 radical (unpaired) electrons. The van der Waals surface area contributed by atoms with Crippen molar-refractivity contribution in [2.45, 2.75) is 6.04 Å². The van der Waals surface area contributed by atoms with E-state index in [4.69, 9.17) is 4.42 Å². The molecule has 0 spiro atoms. The molecule has 0 saturated carbocycles. The number of fused-ring (bicyclic) bond motifs is 1. The number of likely N-dealkylation sites (N-methyl/N-ethyl adjacent to an activating group) is 1. The molecule has 1 unspecified atom stereocenters. The van der Waals surface area contributed by atoms with Crippen molar-refractivity contribution in [3.63, 3.8) is 0 Å². The van der Waals surface area contributed by atoms with Crippen molar-refractivity contribution in [1.29, 1.82) is 0 Å². The van der Waals surface area contributed by atoms with Gasteiger partial charge in [-0.1, -0.05) is 48.5 Å². The second kappa shape index (κ2) is 7.86. The van der Waals surface area contributed by atoms with Gasteiger partial charge in [0.15, 0.2) is 0 Å². The van der Waals surface area contributed by atoms with Crippen LogP contribution >= 0.6 is 0 Å². The molecule has 0 fully saturated rings. The summed E-state index contributed by atoms with van der Waals surface area (Å²) in [5.41, 5.74) is 1.63. The summed E-state index contributed by atoms with van der Waals surface area (Å²) in [5.74, 6) is 0.728. The van der Waals surface area contributed by atoms with Crippen molar-refractivity contribution >= 4 is 27.1 Å². The first-order valence-electron chi connectivity index (χ1n) is 8.32. The Bertz CT molecular complexity index is 959. The summed E-state index contributed by atoms with van der Waals surface area (Å²) in [7, 11) is 0.244. The van der Waals surface area contributed by atoms with E-state index in [0.717, 1.165) is 22.3 Å². The fourth-order valence-electron chi connectivity index (χ4n) is 2.68. The van der Waals surface area contributed by atoms with Gasteiger partial charge in [-0.15, -0.1) is 0 Å². The zero-order valence-corrected chi connectivity index (χ0v) is 15.6. The highest BCUT2D eigenvalue weighted by atomic mass is 32.2. The Labute approximate surface area is 154 Å². The van der Waals surface area contributed by atoms with E-state index in [2.05, 4.69) is 4.72 Å². The second-order valence-electron chi connectivity index (χ2n) is 6.27. The van der Waals surface area contributed by atoms with Crippen molar-refractivity contribution in [3.8, 4) is 0 Å². The minimum absolute atomic E-state index is 0.206. The molecule has 0 aliphatic heterocycles. The molecule has 3 aromatic rings. The molecule has 1 aromatic heterocycles. The fourth-order valence-corrected chi connectivity index (χ4v) is 3.50. The first-order valence-corrected chi connectivity index (χ1v) is 9.87. The number of rotatable bonds is 7. The average molecular weight is 370 g/mol. The summed E-state index contributed by atoms with van der Waals surface area (Å²) < 4.78 is 33.1.